The Kier molecular flexibility index (Phi) is 4.67. The number of aromatic nitrogens is 2. The molecule has 3 heteroatoms. The van der Waals surface area contributed by atoms with Crippen LogP contribution in [0.2, 0.25) is 0 Å². The van der Waals surface area contributed by atoms with E-state index in [2.05, 4.69) is 31.9 Å². The first-order chi connectivity index (χ1) is 9.09. The lowest BCUT2D eigenvalue weighted by Crippen LogP contribution is -2.36. The summed E-state index contributed by atoms with van der Waals surface area (Å²) in [7, 11) is 0. The molecule has 1 aliphatic rings. The Bertz CT molecular complexity index is 405. The van der Waals surface area contributed by atoms with E-state index in [1.54, 1.807) is 0 Å². The van der Waals surface area contributed by atoms with Crippen molar-refractivity contribution in [2.24, 2.45) is 5.41 Å². The maximum atomic E-state index is 10.6. The maximum absolute atomic E-state index is 10.6. The summed E-state index contributed by atoms with van der Waals surface area (Å²) in [6, 6.07) is 2.17. The van der Waals surface area contributed by atoms with Gasteiger partial charge in [-0.15, -0.1) is 0 Å². The zero-order chi connectivity index (χ0) is 13.9. The lowest BCUT2D eigenvalue weighted by molar-refractivity contribution is 0.00913. The molecule has 1 unspecified atom stereocenters. The third-order valence-corrected chi connectivity index (χ3v) is 4.78. The highest BCUT2D eigenvalue weighted by atomic mass is 16.3. The van der Waals surface area contributed by atoms with Gasteiger partial charge in [-0.25, -0.2) is 0 Å². The minimum atomic E-state index is -0.237. The molecule has 0 amide bonds. The SMILES string of the molecule is CCc1cc(CC(O)C2(C)CCCCC2)n(CC)n1. The number of aryl methyl sites for hydroxylation is 2. The number of hydrogen-bond acceptors (Lipinski definition) is 2. The van der Waals surface area contributed by atoms with Gasteiger partial charge >= 0.3 is 0 Å². The van der Waals surface area contributed by atoms with Crippen LogP contribution in [0, 0.1) is 5.41 Å². The smallest absolute Gasteiger partial charge is 0.0649 e. The summed E-state index contributed by atoms with van der Waals surface area (Å²) in [4.78, 5) is 0. The predicted octanol–water partition coefficient (Wildman–Crippen LogP) is 3.34. The molecule has 0 saturated heterocycles. The van der Waals surface area contributed by atoms with Crippen LogP contribution in [0.25, 0.3) is 0 Å². The van der Waals surface area contributed by atoms with Crippen LogP contribution in [-0.4, -0.2) is 21.0 Å². The minimum Gasteiger partial charge on any atom is -0.392 e. The summed E-state index contributed by atoms with van der Waals surface area (Å²) in [5.41, 5.74) is 2.43. The van der Waals surface area contributed by atoms with Gasteiger partial charge in [0.2, 0.25) is 0 Å². The average Bonchev–Trinajstić information content (AvgIpc) is 2.82. The van der Waals surface area contributed by atoms with Crippen LogP contribution in [0.4, 0.5) is 0 Å². The first-order valence-electron chi connectivity index (χ1n) is 7.82. The van der Waals surface area contributed by atoms with Crippen LogP contribution in [0.15, 0.2) is 6.07 Å². The van der Waals surface area contributed by atoms with Crippen molar-refractivity contribution >= 4 is 0 Å². The van der Waals surface area contributed by atoms with Crippen LogP contribution in [0.5, 0.6) is 0 Å². The monoisotopic (exact) mass is 264 g/mol. The molecule has 108 valence electrons. The van der Waals surface area contributed by atoms with Gasteiger partial charge in [0.15, 0.2) is 0 Å². The molecule has 1 aromatic heterocycles. The van der Waals surface area contributed by atoms with Gasteiger partial charge < -0.3 is 5.11 Å². The second-order valence-corrected chi connectivity index (χ2v) is 6.23. The fourth-order valence-electron chi connectivity index (χ4n) is 3.26. The van der Waals surface area contributed by atoms with Gasteiger partial charge in [-0.2, -0.15) is 5.10 Å². The molecule has 2 rings (SSSR count). The summed E-state index contributed by atoms with van der Waals surface area (Å²) in [6.45, 7) is 7.39. The quantitative estimate of drug-likeness (QED) is 0.885. The van der Waals surface area contributed by atoms with Crippen molar-refractivity contribution in [2.45, 2.75) is 78.4 Å². The van der Waals surface area contributed by atoms with Crippen molar-refractivity contribution in [3.05, 3.63) is 17.5 Å². The molecular weight excluding hydrogens is 236 g/mol. The largest absolute Gasteiger partial charge is 0.392 e. The van der Waals surface area contributed by atoms with E-state index in [9.17, 15) is 5.11 Å². The Balaban J connectivity index is 2.09. The van der Waals surface area contributed by atoms with Crippen molar-refractivity contribution in [3.63, 3.8) is 0 Å². The van der Waals surface area contributed by atoms with Crippen LogP contribution in [0.3, 0.4) is 0 Å². The molecule has 0 spiro atoms. The van der Waals surface area contributed by atoms with E-state index in [-0.39, 0.29) is 11.5 Å². The molecule has 0 aliphatic heterocycles. The third-order valence-electron chi connectivity index (χ3n) is 4.78. The fraction of sp³-hybridized carbons (Fsp3) is 0.812. The van der Waals surface area contributed by atoms with E-state index in [0.29, 0.717) is 0 Å². The number of aliphatic hydroxyl groups excluding tert-OH is 1. The molecule has 0 radical (unpaired) electrons. The normalized spacial score (nSPS) is 20.4. The maximum Gasteiger partial charge on any atom is 0.0649 e. The summed E-state index contributed by atoms with van der Waals surface area (Å²) >= 11 is 0. The summed E-state index contributed by atoms with van der Waals surface area (Å²) in [6.07, 6.45) is 7.66. The van der Waals surface area contributed by atoms with Crippen molar-refractivity contribution in [2.75, 3.05) is 0 Å². The average molecular weight is 264 g/mol. The van der Waals surface area contributed by atoms with E-state index in [4.69, 9.17) is 0 Å². The molecule has 1 fully saturated rings. The molecule has 1 aliphatic carbocycles. The van der Waals surface area contributed by atoms with Gasteiger partial charge in [-0.3, -0.25) is 4.68 Å². The highest BCUT2D eigenvalue weighted by Crippen LogP contribution is 2.39. The fourth-order valence-corrected chi connectivity index (χ4v) is 3.26. The lowest BCUT2D eigenvalue weighted by Gasteiger charge is -2.38. The molecule has 1 atom stereocenters. The molecule has 19 heavy (non-hydrogen) atoms. The van der Waals surface area contributed by atoms with Gasteiger partial charge in [-0.1, -0.05) is 33.1 Å². The first-order valence-corrected chi connectivity index (χ1v) is 7.82. The molecule has 1 saturated carbocycles. The van der Waals surface area contributed by atoms with Crippen LogP contribution < -0.4 is 0 Å². The van der Waals surface area contributed by atoms with Crippen molar-refractivity contribution < 1.29 is 5.11 Å². The van der Waals surface area contributed by atoms with Crippen molar-refractivity contribution in [3.8, 4) is 0 Å². The first kappa shape index (κ1) is 14.6. The van der Waals surface area contributed by atoms with Crippen LogP contribution in [-0.2, 0) is 19.4 Å². The number of nitrogens with zero attached hydrogens (tertiary/aromatic N) is 2. The van der Waals surface area contributed by atoms with Gasteiger partial charge in [0.1, 0.15) is 0 Å². The van der Waals surface area contributed by atoms with Crippen molar-refractivity contribution in [1.82, 2.24) is 9.78 Å². The second kappa shape index (κ2) is 6.08. The molecule has 1 aromatic rings. The van der Waals surface area contributed by atoms with E-state index in [1.165, 1.54) is 25.0 Å². The van der Waals surface area contributed by atoms with Gasteiger partial charge in [0.25, 0.3) is 0 Å². The van der Waals surface area contributed by atoms with E-state index < -0.39 is 0 Å². The summed E-state index contributed by atoms with van der Waals surface area (Å²) < 4.78 is 2.05. The Morgan fingerprint density at radius 2 is 2.00 bits per heavy atom. The molecule has 3 nitrogen and oxygen atoms in total. The van der Waals surface area contributed by atoms with E-state index in [1.807, 2.05) is 4.68 Å². The Hall–Kier alpha value is -0.830. The van der Waals surface area contributed by atoms with Gasteiger partial charge in [0.05, 0.1) is 11.8 Å². The zero-order valence-corrected chi connectivity index (χ0v) is 12.7. The molecular formula is C16H28N2O. The summed E-state index contributed by atoms with van der Waals surface area (Å²) in [5, 5.41) is 15.2. The van der Waals surface area contributed by atoms with Crippen LogP contribution in [0.1, 0.15) is 64.3 Å². The minimum absolute atomic E-state index is 0.105. The zero-order valence-electron chi connectivity index (χ0n) is 12.7. The third kappa shape index (κ3) is 3.19. The highest BCUT2D eigenvalue weighted by molar-refractivity contribution is 5.12. The topological polar surface area (TPSA) is 38.0 Å². The molecule has 0 bridgehead atoms. The van der Waals surface area contributed by atoms with Gasteiger partial charge in [-0.05, 0) is 37.7 Å². The predicted molar refractivity (Wildman–Crippen MR) is 78.2 cm³/mol. The Labute approximate surface area is 117 Å². The number of aliphatic hydroxyl groups is 1. The summed E-state index contributed by atoms with van der Waals surface area (Å²) in [5.74, 6) is 0. The Morgan fingerprint density at radius 1 is 1.32 bits per heavy atom. The highest BCUT2D eigenvalue weighted by Gasteiger charge is 2.34. The lowest BCUT2D eigenvalue weighted by atomic mass is 9.70. The van der Waals surface area contributed by atoms with Crippen LogP contribution >= 0.6 is 0 Å². The van der Waals surface area contributed by atoms with E-state index >= 15 is 0 Å². The standard InChI is InChI=1S/C16H28N2O/c1-4-13-11-14(18(5-2)17-13)12-15(19)16(3)9-7-6-8-10-16/h11,15,19H,4-10,12H2,1-3H3. The number of rotatable bonds is 5. The molecule has 0 aromatic carbocycles. The Morgan fingerprint density at radius 3 is 2.58 bits per heavy atom. The molecule has 1 heterocycles. The van der Waals surface area contributed by atoms with Gasteiger partial charge in [0, 0.05) is 18.7 Å². The second-order valence-electron chi connectivity index (χ2n) is 6.23. The number of hydrogen-bond donors (Lipinski definition) is 1. The molecule has 1 N–H and O–H groups in total. The van der Waals surface area contributed by atoms with E-state index in [0.717, 1.165) is 37.9 Å². The van der Waals surface area contributed by atoms with Crippen molar-refractivity contribution in [1.29, 1.82) is 0 Å².